The van der Waals surface area contributed by atoms with Gasteiger partial charge in [-0.1, -0.05) is 6.07 Å². The molecule has 0 amide bonds. The monoisotopic (exact) mass is 293 g/mol. The maximum Gasteiger partial charge on any atom is 0.347 e. The Morgan fingerprint density at radius 1 is 1.48 bits per heavy atom. The summed E-state index contributed by atoms with van der Waals surface area (Å²) in [5.74, 6) is -0.664. The normalized spacial score (nSPS) is 10.4. The minimum Gasteiger partial charge on any atom is -0.349 e. The fraction of sp³-hybridized carbons (Fsp3) is 0.250. The third kappa shape index (κ3) is 3.19. The summed E-state index contributed by atoms with van der Waals surface area (Å²) in [5.41, 5.74) is -0.184. The molecule has 0 radical (unpaired) electrons. The molecule has 0 atom stereocenters. The van der Waals surface area contributed by atoms with Gasteiger partial charge in [0, 0.05) is 19.8 Å². The van der Waals surface area contributed by atoms with Gasteiger partial charge < -0.3 is 9.88 Å². The second kappa shape index (κ2) is 5.65. The Kier molecular flexibility index (Phi) is 3.92. The Labute approximate surface area is 118 Å². The number of H-pyrrole nitrogens is 1. The minimum absolute atomic E-state index is 0.0504. The molecule has 21 heavy (non-hydrogen) atoms. The van der Waals surface area contributed by atoms with Crippen LogP contribution in [0.15, 0.2) is 23.1 Å². The smallest absolute Gasteiger partial charge is 0.347 e. The van der Waals surface area contributed by atoms with Gasteiger partial charge in [-0.25, -0.2) is 9.78 Å². The number of pyridine rings is 1. The summed E-state index contributed by atoms with van der Waals surface area (Å²) in [6.07, 6.45) is 1.32. The molecule has 2 rings (SSSR count). The first-order valence-electron chi connectivity index (χ1n) is 5.95. The zero-order valence-corrected chi connectivity index (χ0v) is 11.3. The van der Waals surface area contributed by atoms with E-state index in [9.17, 15) is 19.3 Å². The van der Waals surface area contributed by atoms with E-state index in [1.165, 1.54) is 30.2 Å². The van der Waals surface area contributed by atoms with Crippen LogP contribution in [0.25, 0.3) is 0 Å². The SMILES string of the molecule is Cc1[nH]c(=O)nc(N(C)Cc2ccc(F)nc2)c1[N+](=O)[O-]. The standard InChI is InChI=1S/C12H12FN5O3/c1-7-10(18(20)21)11(16-12(19)15-7)17(2)6-8-3-4-9(13)14-5-8/h3-5H,6H2,1-2H3,(H,15,16,19). The average molecular weight is 293 g/mol. The lowest BCUT2D eigenvalue weighted by Gasteiger charge is -2.18. The van der Waals surface area contributed by atoms with Crippen LogP contribution in [0.4, 0.5) is 15.9 Å². The second-order valence-electron chi connectivity index (χ2n) is 4.44. The van der Waals surface area contributed by atoms with Crippen molar-refractivity contribution in [3.05, 3.63) is 56.1 Å². The van der Waals surface area contributed by atoms with Gasteiger partial charge in [-0.3, -0.25) is 10.1 Å². The van der Waals surface area contributed by atoms with Crippen molar-refractivity contribution in [3.63, 3.8) is 0 Å². The van der Waals surface area contributed by atoms with Crippen LogP contribution in [-0.2, 0) is 6.54 Å². The van der Waals surface area contributed by atoms with Crippen molar-refractivity contribution in [2.45, 2.75) is 13.5 Å². The Morgan fingerprint density at radius 3 is 2.76 bits per heavy atom. The van der Waals surface area contributed by atoms with Gasteiger partial charge in [0.2, 0.25) is 11.8 Å². The first kappa shape index (κ1) is 14.6. The van der Waals surface area contributed by atoms with Crippen molar-refractivity contribution in [2.24, 2.45) is 0 Å². The Hall–Kier alpha value is -2.84. The number of nitrogens with zero attached hydrogens (tertiary/aromatic N) is 4. The van der Waals surface area contributed by atoms with Crippen molar-refractivity contribution in [3.8, 4) is 0 Å². The van der Waals surface area contributed by atoms with E-state index in [2.05, 4.69) is 15.0 Å². The molecule has 0 aliphatic rings. The van der Waals surface area contributed by atoms with Crippen LogP contribution < -0.4 is 10.6 Å². The van der Waals surface area contributed by atoms with E-state index in [0.29, 0.717) is 5.56 Å². The van der Waals surface area contributed by atoms with Crippen LogP contribution in [0, 0.1) is 23.0 Å². The lowest BCUT2D eigenvalue weighted by molar-refractivity contribution is -0.385. The number of rotatable bonds is 4. The van der Waals surface area contributed by atoms with Crippen LogP contribution in [0.3, 0.4) is 0 Å². The molecule has 0 aliphatic heterocycles. The predicted octanol–water partition coefficient (Wildman–Crippen LogP) is 1.16. The highest BCUT2D eigenvalue weighted by molar-refractivity contribution is 5.59. The summed E-state index contributed by atoms with van der Waals surface area (Å²) in [7, 11) is 1.55. The maximum absolute atomic E-state index is 12.8. The zero-order chi connectivity index (χ0) is 15.6. The number of nitrogens with one attached hydrogen (secondary N) is 1. The highest BCUT2D eigenvalue weighted by Gasteiger charge is 2.23. The summed E-state index contributed by atoms with van der Waals surface area (Å²) in [6, 6.07) is 2.69. The van der Waals surface area contributed by atoms with Crippen LogP contribution in [-0.4, -0.2) is 26.9 Å². The summed E-state index contributed by atoms with van der Waals surface area (Å²) in [6.45, 7) is 1.63. The molecule has 8 nitrogen and oxygen atoms in total. The number of halogens is 1. The number of hydrogen-bond donors (Lipinski definition) is 1. The van der Waals surface area contributed by atoms with Gasteiger partial charge >= 0.3 is 11.4 Å². The fourth-order valence-corrected chi connectivity index (χ4v) is 1.90. The molecular formula is C12H12FN5O3. The van der Waals surface area contributed by atoms with E-state index < -0.39 is 16.6 Å². The summed E-state index contributed by atoms with van der Waals surface area (Å²) in [4.78, 5) is 32.8. The van der Waals surface area contributed by atoms with Crippen LogP contribution >= 0.6 is 0 Å². The molecule has 0 saturated heterocycles. The summed E-state index contributed by atoms with van der Waals surface area (Å²) >= 11 is 0. The third-order valence-electron chi connectivity index (χ3n) is 2.82. The fourth-order valence-electron chi connectivity index (χ4n) is 1.90. The third-order valence-corrected chi connectivity index (χ3v) is 2.82. The van der Waals surface area contributed by atoms with Gasteiger partial charge in [-0.15, -0.1) is 0 Å². The maximum atomic E-state index is 12.8. The quantitative estimate of drug-likeness (QED) is 0.515. The van der Waals surface area contributed by atoms with Gasteiger partial charge in [0.1, 0.15) is 0 Å². The number of anilines is 1. The molecule has 0 aliphatic carbocycles. The highest BCUT2D eigenvalue weighted by atomic mass is 19.1. The molecule has 0 aromatic carbocycles. The molecule has 0 bridgehead atoms. The van der Waals surface area contributed by atoms with E-state index in [-0.39, 0.29) is 23.7 Å². The Morgan fingerprint density at radius 2 is 2.19 bits per heavy atom. The van der Waals surface area contributed by atoms with Crippen molar-refractivity contribution in [1.82, 2.24) is 15.0 Å². The van der Waals surface area contributed by atoms with Gasteiger partial charge in [0.05, 0.1) is 10.6 Å². The molecule has 1 N–H and O–H groups in total. The zero-order valence-electron chi connectivity index (χ0n) is 11.3. The lowest BCUT2D eigenvalue weighted by atomic mass is 10.2. The molecule has 2 heterocycles. The Balaban J connectivity index is 2.38. The van der Waals surface area contributed by atoms with Crippen molar-refractivity contribution in [1.29, 1.82) is 0 Å². The minimum atomic E-state index is -0.669. The largest absolute Gasteiger partial charge is 0.349 e. The second-order valence-corrected chi connectivity index (χ2v) is 4.44. The van der Waals surface area contributed by atoms with E-state index in [0.717, 1.165) is 0 Å². The van der Waals surface area contributed by atoms with E-state index >= 15 is 0 Å². The van der Waals surface area contributed by atoms with Crippen molar-refractivity contribution < 1.29 is 9.31 Å². The topological polar surface area (TPSA) is 105 Å². The van der Waals surface area contributed by atoms with Crippen molar-refractivity contribution >= 4 is 11.5 Å². The van der Waals surface area contributed by atoms with Crippen LogP contribution in [0.2, 0.25) is 0 Å². The molecule has 2 aromatic rings. The van der Waals surface area contributed by atoms with Gasteiger partial charge in [0.15, 0.2) is 0 Å². The molecule has 2 aromatic heterocycles. The van der Waals surface area contributed by atoms with E-state index in [1.807, 2.05) is 0 Å². The summed E-state index contributed by atoms with van der Waals surface area (Å²) < 4.78 is 12.8. The number of aryl methyl sites for hydroxylation is 1. The van der Waals surface area contributed by atoms with Crippen molar-refractivity contribution in [2.75, 3.05) is 11.9 Å². The molecular weight excluding hydrogens is 281 g/mol. The highest BCUT2D eigenvalue weighted by Crippen LogP contribution is 2.26. The van der Waals surface area contributed by atoms with Gasteiger partial charge in [-0.2, -0.15) is 9.37 Å². The lowest BCUT2D eigenvalue weighted by Crippen LogP contribution is -2.24. The predicted molar refractivity (Wildman–Crippen MR) is 72.6 cm³/mol. The molecule has 0 fully saturated rings. The Bertz CT molecular complexity index is 729. The molecule has 0 spiro atoms. The van der Waals surface area contributed by atoms with Crippen LogP contribution in [0.5, 0.6) is 0 Å². The number of hydrogen-bond acceptors (Lipinski definition) is 6. The van der Waals surface area contributed by atoms with E-state index in [4.69, 9.17) is 0 Å². The number of aromatic nitrogens is 3. The first-order valence-corrected chi connectivity index (χ1v) is 5.95. The van der Waals surface area contributed by atoms with Gasteiger partial charge in [0.25, 0.3) is 0 Å². The molecule has 0 saturated carbocycles. The number of aromatic amines is 1. The van der Waals surface area contributed by atoms with E-state index in [1.54, 1.807) is 7.05 Å². The summed E-state index contributed by atoms with van der Waals surface area (Å²) in [5, 5.41) is 11.1. The molecule has 0 unspecified atom stereocenters. The van der Waals surface area contributed by atoms with Crippen LogP contribution in [0.1, 0.15) is 11.3 Å². The molecule has 9 heteroatoms. The number of nitro groups is 1. The van der Waals surface area contributed by atoms with Gasteiger partial charge in [-0.05, 0) is 18.6 Å². The molecule has 110 valence electrons. The first-order chi connectivity index (χ1) is 9.88. The average Bonchev–Trinajstić information content (AvgIpc) is 2.39.